The molecule has 2 aliphatic carbocycles. The van der Waals surface area contributed by atoms with Crippen molar-refractivity contribution in [2.75, 3.05) is 5.32 Å². The molecule has 0 amide bonds. The molecule has 2 bridgehead atoms. The summed E-state index contributed by atoms with van der Waals surface area (Å²) in [4.78, 5) is 11.5. The Kier molecular flexibility index (Phi) is 3.62. The highest BCUT2D eigenvalue weighted by Gasteiger charge is 2.51. The Labute approximate surface area is 130 Å². The average molecular weight is 353 g/mol. The molecule has 4 nitrogen and oxygen atoms in total. The molecule has 1 aromatic carbocycles. The third-order valence-electron chi connectivity index (χ3n) is 4.73. The number of carbonyl (C=O) groups is 1. The number of nitrogens with zero attached hydrogens (tertiary/aromatic N) is 1. The Morgan fingerprint density at radius 1 is 1.43 bits per heavy atom. The number of carboxylic acid groups (broad SMARTS) is 1. The van der Waals surface area contributed by atoms with E-state index < -0.39 is 17.7 Å². The SMILES string of the molecule is N#Cc1ccc(NC2C3CCC(C3)C2C(=O)O)c(F)c1Br. The maximum absolute atomic E-state index is 14.3. The van der Waals surface area contributed by atoms with E-state index in [9.17, 15) is 14.3 Å². The highest BCUT2D eigenvalue weighted by Crippen LogP contribution is 2.49. The lowest BCUT2D eigenvalue weighted by Gasteiger charge is -2.30. The number of nitriles is 1. The monoisotopic (exact) mass is 352 g/mol. The number of nitrogens with one attached hydrogen (secondary N) is 1. The van der Waals surface area contributed by atoms with Gasteiger partial charge in [-0.05, 0) is 59.2 Å². The molecule has 2 saturated carbocycles. The number of benzene rings is 1. The first kappa shape index (κ1) is 14.3. The van der Waals surface area contributed by atoms with E-state index in [1.807, 2.05) is 6.07 Å². The van der Waals surface area contributed by atoms with Gasteiger partial charge in [0.25, 0.3) is 0 Å². The minimum atomic E-state index is -0.812. The summed E-state index contributed by atoms with van der Waals surface area (Å²) in [6.07, 6.45) is 2.83. The minimum absolute atomic E-state index is 0.116. The van der Waals surface area contributed by atoms with Gasteiger partial charge in [-0.15, -0.1) is 0 Å². The van der Waals surface area contributed by atoms with Crippen LogP contribution in [0.4, 0.5) is 10.1 Å². The number of fused-ring (bicyclic) bond motifs is 2. The van der Waals surface area contributed by atoms with Crippen LogP contribution in [0.15, 0.2) is 16.6 Å². The number of hydrogen-bond acceptors (Lipinski definition) is 3. The van der Waals surface area contributed by atoms with E-state index in [-0.39, 0.29) is 33.6 Å². The molecule has 0 heterocycles. The molecule has 2 aliphatic rings. The molecule has 110 valence electrons. The number of halogens is 2. The van der Waals surface area contributed by atoms with Gasteiger partial charge in [0.2, 0.25) is 0 Å². The molecule has 4 unspecified atom stereocenters. The summed E-state index contributed by atoms with van der Waals surface area (Å²) in [6, 6.07) is 4.69. The van der Waals surface area contributed by atoms with E-state index in [2.05, 4.69) is 21.2 Å². The Bertz CT molecular complexity index is 643. The van der Waals surface area contributed by atoms with Crippen molar-refractivity contribution < 1.29 is 14.3 Å². The molecule has 0 aromatic heterocycles. The van der Waals surface area contributed by atoms with Gasteiger partial charge in [0, 0.05) is 6.04 Å². The summed E-state index contributed by atoms with van der Waals surface area (Å²) >= 11 is 3.07. The second kappa shape index (κ2) is 5.30. The van der Waals surface area contributed by atoms with E-state index in [0.29, 0.717) is 0 Å². The van der Waals surface area contributed by atoms with Crippen LogP contribution in [-0.4, -0.2) is 17.1 Å². The van der Waals surface area contributed by atoms with Gasteiger partial charge in [-0.25, -0.2) is 4.39 Å². The van der Waals surface area contributed by atoms with Crippen LogP contribution >= 0.6 is 15.9 Å². The van der Waals surface area contributed by atoms with Crippen molar-refractivity contribution in [1.29, 1.82) is 5.26 Å². The smallest absolute Gasteiger partial charge is 0.308 e. The van der Waals surface area contributed by atoms with Crippen molar-refractivity contribution >= 4 is 27.6 Å². The molecule has 4 atom stereocenters. The minimum Gasteiger partial charge on any atom is -0.481 e. The first-order chi connectivity index (χ1) is 10.0. The molecule has 0 spiro atoms. The van der Waals surface area contributed by atoms with Gasteiger partial charge >= 0.3 is 5.97 Å². The largest absolute Gasteiger partial charge is 0.481 e. The Balaban J connectivity index is 1.88. The molecule has 0 aliphatic heterocycles. The third kappa shape index (κ3) is 2.30. The van der Waals surface area contributed by atoms with Crippen LogP contribution in [0.2, 0.25) is 0 Å². The van der Waals surface area contributed by atoms with Gasteiger partial charge in [0.15, 0.2) is 5.82 Å². The first-order valence-electron chi connectivity index (χ1n) is 6.90. The van der Waals surface area contributed by atoms with E-state index in [0.717, 1.165) is 19.3 Å². The number of anilines is 1. The highest BCUT2D eigenvalue weighted by molar-refractivity contribution is 9.10. The van der Waals surface area contributed by atoms with Gasteiger partial charge in [0.05, 0.1) is 21.6 Å². The molecule has 2 N–H and O–H groups in total. The Morgan fingerprint density at radius 3 is 2.81 bits per heavy atom. The topological polar surface area (TPSA) is 73.1 Å². The fraction of sp³-hybridized carbons (Fsp3) is 0.467. The van der Waals surface area contributed by atoms with Gasteiger partial charge < -0.3 is 10.4 Å². The van der Waals surface area contributed by atoms with Crippen LogP contribution in [0.25, 0.3) is 0 Å². The molecule has 1 aromatic rings. The molecule has 6 heteroatoms. The van der Waals surface area contributed by atoms with Crippen molar-refractivity contribution in [2.24, 2.45) is 17.8 Å². The normalized spacial score (nSPS) is 30.1. The molecular formula is C15H14BrFN2O2. The van der Waals surface area contributed by atoms with Crippen LogP contribution in [-0.2, 0) is 4.79 Å². The summed E-state index contributed by atoms with van der Waals surface area (Å²) in [6.45, 7) is 0. The zero-order chi connectivity index (χ0) is 15.1. The van der Waals surface area contributed by atoms with E-state index >= 15 is 0 Å². The summed E-state index contributed by atoms with van der Waals surface area (Å²) < 4.78 is 14.4. The summed E-state index contributed by atoms with van der Waals surface area (Å²) in [7, 11) is 0. The molecule has 21 heavy (non-hydrogen) atoms. The van der Waals surface area contributed by atoms with Crippen LogP contribution in [0.5, 0.6) is 0 Å². The van der Waals surface area contributed by atoms with Gasteiger partial charge in [0.1, 0.15) is 6.07 Å². The van der Waals surface area contributed by atoms with Crippen LogP contribution in [0.1, 0.15) is 24.8 Å². The molecular weight excluding hydrogens is 339 g/mol. The second-order valence-electron chi connectivity index (χ2n) is 5.77. The lowest BCUT2D eigenvalue weighted by molar-refractivity contribution is -0.143. The second-order valence-corrected chi connectivity index (χ2v) is 6.56. The maximum Gasteiger partial charge on any atom is 0.308 e. The molecule has 0 radical (unpaired) electrons. The predicted molar refractivity (Wildman–Crippen MR) is 78.2 cm³/mol. The number of rotatable bonds is 3. The molecule has 0 saturated heterocycles. The fourth-order valence-electron chi connectivity index (χ4n) is 3.78. The summed E-state index contributed by atoms with van der Waals surface area (Å²) in [5.41, 5.74) is 0.477. The zero-order valence-corrected chi connectivity index (χ0v) is 12.7. The van der Waals surface area contributed by atoms with E-state index in [1.165, 1.54) is 12.1 Å². The number of aliphatic carboxylic acids is 1. The Hall–Kier alpha value is -1.61. The van der Waals surface area contributed by atoms with Gasteiger partial charge in [-0.1, -0.05) is 0 Å². The first-order valence-corrected chi connectivity index (χ1v) is 7.69. The predicted octanol–water partition coefficient (Wildman–Crippen LogP) is 3.37. The van der Waals surface area contributed by atoms with Gasteiger partial charge in [-0.3, -0.25) is 4.79 Å². The van der Waals surface area contributed by atoms with Crippen LogP contribution < -0.4 is 5.32 Å². The number of carboxylic acids is 1. The zero-order valence-electron chi connectivity index (χ0n) is 11.1. The summed E-state index contributed by atoms with van der Waals surface area (Å²) in [5, 5.41) is 21.3. The number of hydrogen-bond donors (Lipinski definition) is 2. The molecule has 2 fully saturated rings. The lowest BCUT2D eigenvalue weighted by Crippen LogP contribution is -2.39. The van der Waals surface area contributed by atoms with Crippen molar-refractivity contribution in [3.05, 3.63) is 28.0 Å². The van der Waals surface area contributed by atoms with Crippen molar-refractivity contribution in [2.45, 2.75) is 25.3 Å². The lowest BCUT2D eigenvalue weighted by atomic mass is 9.84. The highest BCUT2D eigenvalue weighted by atomic mass is 79.9. The van der Waals surface area contributed by atoms with Crippen LogP contribution in [0, 0.1) is 34.9 Å². The third-order valence-corrected chi connectivity index (χ3v) is 5.50. The van der Waals surface area contributed by atoms with E-state index in [4.69, 9.17) is 5.26 Å². The van der Waals surface area contributed by atoms with Crippen molar-refractivity contribution in [3.8, 4) is 6.07 Å². The summed E-state index contributed by atoms with van der Waals surface area (Å²) in [5.74, 6) is -1.34. The average Bonchev–Trinajstić information content (AvgIpc) is 3.05. The quantitative estimate of drug-likeness (QED) is 0.874. The van der Waals surface area contributed by atoms with Crippen LogP contribution in [0.3, 0.4) is 0 Å². The molecule has 3 rings (SSSR count). The van der Waals surface area contributed by atoms with E-state index in [1.54, 1.807) is 0 Å². The van der Waals surface area contributed by atoms with Crippen molar-refractivity contribution in [1.82, 2.24) is 0 Å². The standard InChI is InChI=1S/C15H14BrFN2O2/c16-12-9(6-18)3-4-10(13(12)17)19-14-8-2-1-7(5-8)11(14)15(20)21/h3-4,7-8,11,14,19H,1-2,5H2,(H,20,21). The maximum atomic E-state index is 14.3. The van der Waals surface area contributed by atoms with Gasteiger partial charge in [-0.2, -0.15) is 5.26 Å². The van der Waals surface area contributed by atoms with Crippen molar-refractivity contribution in [3.63, 3.8) is 0 Å². The Morgan fingerprint density at radius 2 is 2.14 bits per heavy atom. The fourth-order valence-corrected chi connectivity index (χ4v) is 4.22.